The van der Waals surface area contributed by atoms with Crippen LogP contribution < -0.4 is 10.5 Å². The van der Waals surface area contributed by atoms with E-state index in [4.69, 9.17) is 5.73 Å². The van der Waals surface area contributed by atoms with Gasteiger partial charge in [0.1, 0.15) is 0 Å². The Kier molecular flexibility index (Phi) is 6.32. The second-order valence-electron chi connectivity index (χ2n) is 4.47. The molecule has 0 aromatic heterocycles. The average Bonchev–Trinajstić information content (AvgIpc) is 2.38. The Labute approximate surface area is 120 Å². The van der Waals surface area contributed by atoms with E-state index in [-0.39, 0.29) is 10.9 Å². The van der Waals surface area contributed by atoms with Crippen LogP contribution in [0.2, 0.25) is 0 Å². The van der Waals surface area contributed by atoms with Gasteiger partial charge in [-0.05, 0) is 42.9 Å². The first-order valence-corrected chi connectivity index (χ1v) is 9.13. The first-order chi connectivity index (χ1) is 8.94. The van der Waals surface area contributed by atoms with Gasteiger partial charge in [-0.3, -0.25) is 0 Å². The van der Waals surface area contributed by atoms with Crippen LogP contribution in [-0.4, -0.2) is 26.5 Å². The maximum atomic E-state index is 12.3. The van der Waals surface area contributed by atoms with Gasteiger partial charge in [0.25, 0.3) is 0 Å². The van der Waals surface area contributed by atoms with Crippen molar-refractivity contribution in [2.45, 2.75) is 37.8 Å². The molecule has 0 radical (unpaired) electrons. The van der Waals surface area contributed by atoms with Crippen LogP contribution in [0.15, 0.2) is 23.1 Å². The fourth-order valence-corrected chi connectivity index (χ4v) is 3.96. The maximum absolute atomic E-state index is 12.3. The third kappa shape index (κ3) is 4.49. The topological polar surface area (TPSA) is 72.2 Å². The number of nitrogens with one attached hydrogen (secondary N) is 1. The Morgan fingerprint density at radius 3 is 2.63 bits per heavy atom. The van der Waals surface area contributed by atoms with Crippen LogP contribution in [0.25, 0.3) is 0 Å². The molecule has 0 heterocycles. The predicted molar refractivity (Wildman–Crippen MR) is 81.9 cm³/mol. The number of aryl methyl sites for hydroxylation is 1. The minimum atomic E-state index is -3.46. The molecule has 6 heteroatoms. The highest BCUT2D eigenvalue weighted by Crippen LogP contribution is 2.16. The second kappa shape index (κ2) is 7.28. The molecule has 1 aromatic rings. The van der Waals surface area contributed by atoms with Crippen LogP contribution in [0, 0.1) is 6.92 Å². The molecule has 1 aromatic carbocycles. The molecular weight excluding hydrogens is 280 g/mol. The van der Waals surface area contributed by atoms with E-state index in [0.29, 0.717) is 6.54 Å². The summed E-state index contributed by atoms with van der Waals surface area (Å²) in [7, 11) is -3.46. The van der Waals surface area contributed by atoms with Gasteiger partial charge in [0, 0.05) is 18.3 Å². The van der Waals surface area contributed by atoms with Crippen molar-refractivity contribution in [2.75, 3.05) is 12.0 Å². The zero-order valence-electron chi connectivity index (χ0n) is 11.6. The van der Waals surface area contributed by atoms with Crippen molar-refractivity contribution in [1.29, 1.82) is 0 Å². The Bertz CT molecular complexity index is 515. The van der Waals surface area contributed by atoms with Crippen LogP contribution in [0.3, 0.4) is 0 Å². The molecule has 0 aliphatic heterocycles. The molecule has 0 saturated heterocycles. The molecule has 1 unspecified atom stereocenters. The quantitative estimate of drug-likeness (QED) is 0.806. The van der Waals surface area contributed by atoms with Gasteiger partial charge in [0.15, 0.2) is 0 Å². The Balaban J connectivity index is 2.99. The summed E-state index contributed by atoms with van der Waals surface area (Å²) in [6.45, 7) is 4.25. The molecule has 0 aliphatic rings. The summed E-state index contributed by atoms with van der Waals surface area (Å²) in [5, 5.41) is 0. The lowest BCUT2D eigenvalue weighted by molar-refractivity contribution is 0.558. The average molecular weight is 302 g/mol. The first kappa shape index (κ1) is 16.5. The molecule has 0 fully saturated rings. The number of nitrogens with two attached hydrogens (primary N) is 1. The molecule has 4 nitrogen and oxygen atoms in total. The molecular formula is C13H22N2O2S2. The third-order valence-electron chi connectivity index (χ3n) is 3.03. The zero-order chi connectivity index (χ0) is 14.5. The third-order valence-corrected chi connectivity index (χ3v) is 5.29. The summed E-state index contributed by atoms with van der Waals surface area (Å²) < 4.78 is 27.3. The van der Waals surface area contributed by atoms with Gasteiger partial charge in [-0.2, -0.15) is 11.8 Å². The number of hydrogen-bond donors (Lipinski definition) is 2. The van der Waals surface area contributed by atoms with E-state index < -0.39 is 10.0 Å². The van der Waals surface area contributed by atoms with Crippen LogP contribution in [-0.2, 0) is 16.6 Å². The molecule has 1 atom stereocenters. The van der Waals surface area contributed by atoms with E-state index in [9.17, 15) is 8.42 Å². The van der Waals surface area contributed by atoms with Crippen LogP contribution in [0.1, 0.15) is 24.5 Å². The Hall–Kier alpha value is -0.560. The standard InChI is InChI=1S/C13H22N2O2S2/c1-4-12(9-18-3)15-19(16,17)13-6-5-10(2)11(7-13)8-14/h5-7,12,15H,4,8-9,14H2,1-3H3. The Morgan fingerprint density at radius 1 is 1.42 bits per heavy atom. The van der Waals surface area contributed by atoms with Gasteiger partial charge in [0.2, 0.25) is 10.0 Å². The van der Waals surface area contributed by atoms with Crippen molar-refractivity contribution >= 4 is 21.8 Å². The van der Waals surface area contributed by atoms with E-state index >= 15 is 0 Å². The minimum absolute atomic E-state index is 0.0392. The van der Waals surface area contributed by atoms with Crippen LogP contribution >= 0.6 is 11.8 Å². The lowest BCUT2D eigenvalue weighted by atomic mass is 10.1. The zero-order valence-corrected chi connectivity index (χ0v) is 13.3. The van der Waals surface area contributed by atoms with Crippen molar-refractivity contribution in [1.82, 2.24) is 4.72 Å². The highest BCUT2D eigenvalue weighted by atomic mass is 32.2. The predicted octanol–water partition coefficient (Wildman–Crippen LogP) is 1.87. The lowest BCUT2D eigenvalue weighted by Crippen LogP contribution is -2.36. The van der Waals surface area contributed by atoms with E-state index in [1.807, 2.05) is 20.1 Å². The van der Waals surface area contributed by atoms with Gasteiger partial charge in [-0.15, -0.1) is 0 Å². The summed E-state index contributed by atoms with van der Waals surface area (Å²) in [4.78, 5) is 0.290. The normalized spacial score (nSPS) is 13.5. The van der Waals surface area contributed by atoms with Crippen LogP contribution in [0.4, 0.5) is 0 Å². The number of benzene rings is 1. The number of sulfonamides is 1. The Morgan fingerprint density at radius 2 is 2.11 bits per heavy atom. The second-order valence-corrected chi connectivity index (χ2v) is 7.10. The molecule has 0 spiro atoms. The first-order valence-electron chi connectivity index (χ1n) is 6.25. The van der Waals surface area contributed by atoms with Gasteiger partial charge in [-0.25, -0.2) is 13.1 Å². The SMILES string of the molecule is CCC(CSC)NS(=O)(=O)c1ccc(C)c(CN)c1. The number of thioether (sulfide) groups is 1. The van der Waals surface area contributed by atoms with Crippen molar-refractivity contribution in [2.24, 2.45) is 5.73 Å². The molecule has 1 rings (SSSR count). The fourth-order valence-electron chi connectivity index (χ4n) is 1.76. The van der Waals surface area contributed by atoms with Gasteiger partial charge < -0.3 is 5.73 Å². The van der Waals surface area contributed by atoms with Crippen molar-refractivity contribution in [3.8, 4) is 0 Å². The molecule has 0 saturated carbocycles. The molecule has 0 bridgehead atoms. The lowest BCUT2D eigenvalue weighted by Gasteiger charge is -2.16. The van der Waals surface area contributed by atoms with E-state index in [0.717, 1.165) is 23.3 Å². The molecule has 0 aliphatic carbocycles. The summed E-state index contributed by atoms with van der Waals surface area (Å²) in [6, 6.07) is 5.04. The fraction of sp³-hybridized carbons (Fsp3) is 0.538. The highest BCUT2D eigenvalue weighted by Gasteiger charge is 2.19. The van der Waals surface area contributed by atoms with Crippen molar-refractivity contribution in [3.63, 3.8) is 0 Å². The van der Waals surface area contributed by atoms with Gasteiger partial charge >= 0.3 is 0 Å². The van der Waals surface area contributed by atoms with E-state index in [1.165, 1.54) is 0 Å². The van der Waals surface area contributed by atoms with Gasteiger partial charge in [-0.1, -0.05) is 13.0 Å². The van der Waals surface area contributed by atoms with E-state index in [1.54, 1.807) is 30.0 Å². The molecule has 0 amide bonds. The minimum Gasteiger partial charge on any atom is -0.326 e. The van der Waals surface area contributed by atoms with Crippen molar-refractivity contribution in [3.05, 3.63) is 29.3 Å². The maximum Gasteiger partial charge on any atom is 0.240 e. The summed E-state index contributed by atoms with van der Waals surface area (Å²) in [5.74, 6) is 0.769. The summed E-state index contributed by atoms with van der Waals surface area (Å²) >= 11 is 1.63. The summed E-state index contributed by atoms with van der Waals surface area (Å²) in [5.41, 5.74) is 7.49. The highest BCUT2D eigenvalue weighted by molar-refractivity contribution is 7.98. The molecule has 3 N–H and O–H groups in total. The molecule has 19 heavy (non-hydrogen) atoms. The van der Waals surface area contributed by atoms with Crippen LogP contribution in [0.5, 0.6) is 0 Å². The van der Waals surface area contributed by atoms with Gasteiger partial charge in [0.05, 0.1) is 4.90 Å². The van der Waals surface area contributed by atoms with Crippen molar-refractivity contribution < 1.29 is 8.42 Å². The smallest absolute Gasteiger partial charge is 0.240 e. The number of hydrogen-bond acceptors (Lipinski definition) is 4. The monoisotopic (exact) mass is 302 g/mol. The van der Waals surface area contributed by atoms with E-state index in [2.05, 4.69) is 4.72 Å². The number of rotatable bonds is 7. The largest absolute Gasteiger partial charge is 0.326 e. The molecule has 108 valence electrons. The summed E-state index contributed by atoms with van der Waals surface area (Å²) in [6.07, 6.45) is 2.74.